The highest BCUT2D eigenvalue weighted by molar-refractivity contribution is 7.80. The number of hydrogen-bond acceptors (Lipinski definition) is 5. The Morgan fingerprint density at radius 2 is 1.80 bits per heavy atom. The van der Waals surface area contributed by atoms with Crippen LogP contribution in [0, 0.1) is 0 Å². The summed E-state index contributed by atoms with van der Waals surface area (Å²) in [6, 6.07) is 0.820. The maximum Gasteiger partial charge on any atom is 0.147 e. The molecule has 2 aliphatic rings. The fraction of sp³-hybridized carbons (Fsp3) is 0.643. The monoisotopic (exact) mass is 291 g/mol. The number of nitrogens with two attached hydrogens (primary N) is 1. The third kappa shape index (κ3) is 2.91. The Bertz CT molecular complexity index is 461. The molecule has 2 fully saturated rings. The summed E-state index contributed by atoms with van der Waals surface area (Å²) in [6.07, 6.45) is 9.00. The molecule has 1 aromatic rings. The van der Waals surface area contributed by atoms with Crippen LogP contribution in [0.15, 0.2) is 12.4 Å². The molecule has 1 aliphatic heterocycles. The van der Waals surface area contributed by atoms with E-state index in [1.165, 1.54) is 25.7 Å². The molecule has 0 bridgehead atoms. The topological polar surface area (TPSA) is 58.3 Å². The fourth-order valence-electron chi connectivity index (χ4n) is 3.20. The Labute approximate surface area is 125 Å². The molecular formula is C14H21N5S. The summed E-state index contributed by atoms with van der Waals surface area (Å²) in [7, 11) is 0. The second-order valence-electron chi connectivity index (χ2n) is 5.59. The first-order valence-corrected chi connectivity index (χ1v) is 7.76. The molecule has 2 heterocycles. The van der Waals surface area contributed by atoms with Crippen LogP contribution in [0.5, 0.6) is 0 Å². The minimum Gasteiger partial charge on any atom is -0.388 e. The number of hydrogen-bond donors (Lipinski definition) is 1. The molecule has 2 N–H and O–H groups in total. The van der Waals surface area contributed by atoms with Crippen LogP contribution < -0.4 is 10.6 Å². The summed E-state index contributed by atoms with van der Waals surface area (Å²) in [5.41, 5.74) is 6.13. The highest BCUT2D eigenvalue weighted by atomic mass is 32.1. The number of thiocarbonyl (C=S) groups is 1. The molecule has 0 amide bonds. The predicted octanol–water partition coefficient (Wildman–Crippen LogP) is 1.18. The van der Waals surface area contributed by atoms with Crippen molar-refractivity contribution in [2.75, 3.05) is 31.1 Å². The maximum absolute atomic E-state index is 5.54. The van der Waals surface area contributed by atoms with E-state index in [1.807, 2.05) is 0 Å². The van der Waals surface area contributed by atoms with Gasteiger partial charge in [0.15, 0.2) is 0 Å². The summed E-state index contributed by atoms with van der Waals surface area (Å²) in [5, 5.41) is 0. The van der Waals surface area contributed by atoms with Gasteiger partial charge >= 0.3 is 0 Å². The van der Waals surface area contributed by atoms with Gasteiger partial charge in [-0.05, 0) is 12.8 Å². The van der Waals surface area contributed by atoms with Gasteiger partial charge in [0.1, 0.15) is 16.5 Å². The standard InChI is InChI=1S/C14H21N5S/c15-14(20)12-9-17-13(10-16-12)19-7-5-18(6-8-19)11-3-1-2-4-11/h9-11H,1-8H2,(H2,15,20). The molecule has 1 saturated carbocycles. The minimum atomic E-state index is 0.301. The highest BCUT2D eigenvalue weighted by Crippen LogP contribution is 2.25. The van der Waals surface area contributed by atoms with Gasteiger partial charge in [-0.2, -0.15) is 0 Å². The van der Waals surface area contributed by atoms with E-state index in [2.05, 4.69) is 19.8 Å². The van der Waals surface area contributed by atoms with E-state index >= 15 is 0 Å². The van der Waals surface area contributed by atoms with Crippen LogP contribution in [0.1, 0.15) is 31.4 Å². The molecule has 6 heteroatoms. The highest BCUT2D eigenvalue weighted by Gasteiger charge is 2.26. The van der Waals surface area contributed by atoms with Gasteiger partial charge in [-0.15, -0.1) is 0 Å². The van der Waals surface area contributed by atoms with Crippen LogP contribution in [0.2, 0.25) is 0 Å². The molecule has 0 aromatic carbocycles. The first-order valence-electron chi connectivity index (χ1n) is 7.35. The van der Waals surface area contributed by atoms with Crippen molar-refractivity contribution in [2.24, 2.45) is 5.73 Å². The summed E-state index contributed by atoms with van der Waals surface area (Å²) >= 11 is 4.89. The lowest BCUT2D eigenvalue weighted by Crippen LogP contribution is -2.50. The van der Waals surface area contributed by atoms with Crippen molar-refractivity contribution in [1.82, 2.24) is 14.9 Å². The van der Waals surface area contributed by atoms with Crippen molar-refractivity contribution in [3.05, 3.63) is 18.1 Å². The third-order valence-electron chi connectivity index (χ3n) is 4.37. The Balaban J connectivity index is 1.58. The summed E-state index contributed by atoms with van der Waals surface area (Å²) in [6.45, 7) is 4.31. The normalized spacial score (nSPS) is 21.3. The molecule has 3 rings (SSSR count). The largest absolute Gasteiger partial charge is 0.388 e. The molecule has 1 aromatic heterocycles. The second kappa shape index (κ2) is 6.01. The molecule has 1 aliphatic carbocycles. The zero-order valence-electron chi connectivity index (χ0n) is 11.7. The van der Waals surface area contributed by atoms with E-state index in [1.54, 1.807) is 12.4 Å². The van der Waals surface area contributed by atoms with E-state index in [4.69, 9.17) is 18.0 Å². The smallest absolute Gasteiger partial charge is 0.147 e. The number of nitrogens with zero attached hydrogens (tertiary/aromatic N) is 4. The summed E-state index contributed by atoms with van der Waals surface area (Å²) in [4.78, 5) is 13.9. The number of aromatic nitrogens is 2. The second-order valence-corrected chi connectivity index (χ2v) is 6.03. The third-order valence-corrected chi connectivity index (χ3v) is 4.58. The first-order chi connectivity index (χ1) is 9.74. The average Bonchev–Trinajstić information content (AvgIpc) is 3.02. The van der Waals surface area contributed by atoms with Crippen LogP contribution in [-0.4, -0.2) is 52.1 Å². The summed E-state index contributed by atoms with van der Waals surface area (Å²) < 4.78 is 0. The van der Waals surface area contributed by atoms with Gasteiger partial charge in [0.05, 0.1) is 12.4 Å². The Morgan fingerprint density at radius 3 is 2.35 bits per heavy atom. The van der Waals surface area contributed by atoms with Gasteiger partial charge in [0.25, 0.3) is 0 Å². The number of anilines is 1. The van der Waals surface area contributed by atoms with Gasteiger partial charge in [-0.3, -0.25) is 4.90 Å². The lowest BCUT2D eigenvalue weighted by molar-refractivity contribution is 0.187. The van der Waals surface area contributed by atoms with Crippen molar-refractivity contribution in [3.63, 3.8) is 0 Å². The van der Waals surface area contributed by atoms with Crippen molar-refractivity contribution < 1.29 is 0 Å². The van der Waals surface area contributed by atoms with Crippen LogP contribution >= 0.6 is 12.2 Å². The minimum absolute atomic E-state index is 0.301. The van der Waals surface area contributed by atoms with E-state index in [0.29, 0.717) is 10.7 Å². The van der Waals surface area contributed by atoms with Crippen molar-refractivity contribution >= 4 is 23.0 Å². The van der Waals surface area contributed by atoms with E-state index < -0.39 is 0 Å². The van der Waals surface area contributed by atoms with Gasteiger partial charge in [0.2, 0.25) is 0 Å². The van der Waals surface area contributed by atoms with Crippen LogP contribution in [0.4, 0.5) is 5.82 Å². The van der Waals surface area contributed by atoms with Crippen LogP contribution in [-0.2, 0) is 0 Å². The SMILES string of the molecule is NC(=S)c1cnc(N2CCN(C3CCCC3)CC2)cn1. The summed E-state index contributed by atoms with van der Waals surface area (Å²) in [5.74, 6) is 0.927. The first kappa shape index (κ1) is 13.7. The van der Waals surface area contributed by atoms with Crippen molar-refractivity contribution in [3.8, 4) is 0 Å². The molecule has 108 valence electrons. The molecular weight excluding hydrogens is 270 g/mol. The fourth-order valence-corrected chi connectivity index (χ4v) is 3.30. The molecule has 0 atom stereocenters. The molecule has 20 heavy (non-hydrogen) atoms. The van der Waals surface area contributed by atoms with Gasteiger partial charge in [-0.25, -0.2) is 9.97 Å². The number of rotatable bonds is 3. The molecule has 0 unspecified atom stereocenters. The zero-order valence-corrected chi connectivity index (χ0v) is 12.5. The predicted molar refractivity (Wildman–Crippen MR) is 84.0 cm³/mol. The lowest BCUT2D eigenvalue weighted by Gasteiger charge is -2.38. The van der Waals surface area contributed by atoms with E-state index in [9.17, 15) is 0 Å². The maximum atomic E-state index is 5.54. The van der Waals surface area contributed by atoms with Gasteiger partial charge < -0.3 is 10.6 Å². The van der Waals surface area contributed by atoms with Crippen molar-refractivity contribution in [1.29, 1.82) is 0 Å². The van der Waals surface area contributed by atoms with Crippen molar-refractivity contribution in [2.45, 2.75) is 31.7 Å². The Hall–Kier alpha value is -1.27. The van der Waals surface area contributed by atoms with Gasteiger partial charge in [0, 0.05) is 32.2 Å². The molecule has 5 nitrogen and oxygen atoms in total. The van der Waals surface area contributed by atoms with Gasteiger partial charge in [-0.1, -0.05) is 25.1 Å². The van der Waals surface area contributed by atoms with E-state index in [-0.39, 0.29) is 0 Å². The zero-order chi connectivity index (χ0) is 13.9. The van der Waals surface area contributed by atoms with E-state index in [0.717, 1.165) is 38.0 Å². The Kier molecular flexibility index (Phi) is 4.12. The van der Waals surface area contributed by atoms with Crippen LogP contribution in [0.3, 0.4) is 0 Å². The molecule has 0 spiro atoms. The average molecular weight is 291 g/mol. The molecule has 0 radical (unpaired) electrons. The Morgan fingerprint density at radius 1 is 1.10 bits per heavy atom. The molecule has 1 saturated heterocycles. The number of piperazine rings is 1. The lowest BCUT2D eigenvalue weighted by atomic mass is 10.2. The quantitative estimate of drug-likeness (QED) is 0.844. The van der Waals surface area contributed by atoms with Crippen LogP contribution in [0.25, 0.3) is 0 Å².